The van der Waals surface area contributed by atoms with Gasteiger partial charge < -0.3 is 9.14 Å². The van der Waals surface area contributed by atoms with Crippen LogP contribution in [0.4, 0.5) is 0 Å². The summed E-state index contributed by atoms with van der Waals surface area (Å²) in [5.74, 6) is -0.584. The topological polar surface area (TPSA) is 47.8 Å². The quantitative estimate of drug-likeness (QED) is 0.310. The van der Waals surface area contributed by atoms with Crippen molar-refractivity contribution in [3.63, 3.8) is 0 Å². The van der Waals surface area contributed by atoms with E-state index in [2.05, 4.69) is 22.0 Å². The molecule has 0 bridgehead atoms. The lowest BCUT2D eigenvalue weighted by atomic mass is 10.1. The molecule has 4 nitrogen and oxygen atoms in total. The van der Waals surface area contributed by atoms with E-state index in [0.717, 1.165) is 20.9 Å². The van der Waals surface area contributed by atoms with Gasteiger partial charge in [0.05, 0.1) is 28.9 Å². The molecule has 2 heterocycles. The second-order valence-electron chi connectivity index (χ2n) is 6.62. The highest BCUT2D eigenvalue weighted by atomic mass is 79.9. The van der Waals surface area contributed by atoms with Crippen molar-refractivity contribution in [3.05, 3.63) is 87.5 Å². The van der Waals surface area contributed by atoms with Crippen LogP contribution in [0.15, 0.2) is 65.1 Å². The first-order chi connectivity index (χ1) is 13.5. The van der Waals surface area contributed by atoms with E-state index < -0.39 is 5.97 Å². The van der Waals surface area contributed by atoms with Gasteiger partial charge in [-0.25, -0.2) is 4.79 Å². The van der Waals surface area contributed by atoms with Crippen molar-refractivity contribution < 1.29 is 14.3 Å². The Morgan fingerprint density at radius 3 is 2.54 bits per heavy atom. The number of ketones is 1. The molecular weight excluding hydrogens is 418 g/mol. The number of nitrogens with zero attached hydrogens (tertiary/aromatic N) is 1. The fourth-order valence-electron chi connectivity index (χ4n) is 3.45. The van der Waals surface area contributed by atoms with Gasteiger partial charge in [-0.05, 0) is 55.6 Å². The summed E-state index contributed by atoms with van der Waals surface area (Å²) in [5, 5.41) is 1.00. The third-order valence-electron chi connectivity index (χ3n) is 4.70. The average molecular weight is 436 g/mol. The van der Waals surface area contributed by atoms with Gasteiger partial charge >= 0.3 is 5.97 Å². The highest BCUT2D eigenvalue weighted by molar-refractivity contribution is 9.10. The van der Waals surface area contributed by atoms with Crippen molar-refractivity contribution in [2.45, 2.75) is 13.8 Å². The number of rotatable bonds is 4. The van der Waals surface area contributed by atoms with Crippen LogP contribution in [0, 0.1) is 6.92 Å². The number of hydrogen-bond donors (Lipinski definition) is 0. The van der Waals surface area contributed by atoms with E-state index in [1.807, 2.05) is 47.7 Å². The van der Waals surface area contributed by atoms with E-state index in [0.29, 0.717) is 22.3 Å². The predicted octanol–water partition coefficient (Wildman–Crippen LogP) is 5.57. The predicted molar refractivity (Wildman–Crippen MR) is 113 cm³/mol. The Bertz CT molecular complexity index is 1240. The lowest BCUT2D eigenvalue weighted by Crippen LogP contribution is -2.06. The van der Waals surface area contributed by atoms with Crippen LogP contribution in [0.5, 0.6) is 0 Å². The summed E-state index contributed by atoms with van der Waals surface area (Å²) in [7, 11) is 0. The molecule has 0 aliphatic rings. The Hall–Kier alpha value is -2.92. The van der Waals surface area contributed by atoms with E-state index in [-0.39, 0.29) is 12.4 Å². The first kappa shape index (κ1) is 18.4. The Morgan fingerprint density at radius 2 is 1.79 bits per heavy atom. The smallest absolute Gasteiger partial charge is 0.340 e. The van der Waals surface area contributed by atoms with Crippen LogP contribution < -0.4 is 0 Å². The molecule has 0 N–H and O–H groups in total. The number of hydrogen-bond acceptors (Lipinski definition) is 3. The minimum atomic E-state index is -0.431. The highest BCUT2D eigenvalue weighted by Gasteiger charge is 2.22. The van der Waals surface area contributed by atoms with Crippen LogP contribution >= 0.6 is 15.9 Å². The number of carbonyl (C=O) groups excluding carboxylic acids is 2. The molecule has 2 aromatic heterocycles. The molecule has 0 saturated carbocycles. The van der Waals surface area contributed by atoms with E-state index in [4.69, 9.17) is 4.74 Å². The van der Waals surface area contributed by atoms with Crippen molar-refractivity contribution in [2.24, 2.45) is 0 Å². The SMILES string of the molecule is CCOC(=O)c1cc(C(=O)c2cccc(Br)c2)n2c1ccc1cc(C)ccc12. The molecule has 0 unspecified atom stereocenters. The molecule has 0 fully saturated rings. The molecule has 0 spiro atoms. The summed E-state index contributed by atoms with van der Waals surface area (Å²) in [6.07, 6.45) is 0. The number of pyridine rings is 1. The maximum atomic E-state index is 13.3. The number of aryl methyl sites for hydroxylation is 1. The van der Waals surface area contributed by atoms with Crippen LogP contribution in [-0.2, 0) is 4.74 Å². The van der Waals surface area contributed by atoms with Crippen LogP contribution in [0.3, 0.4) is 0 Å². The van der Waals surface area contributed by atoms with Crippen molar-refractivity contribution in [1.82, 2.24) is 4.40 Å². The molecule has 0 amide bonds. The largest absolute Gasteiger partial charge is 0.462 e. The Kier molecular flexibility index (Phi) is 4.77. The van der Waals surface area contributed by atoms with E-state index in [9.17, 15) is 9.59 Å². The molecule has 140 valence electrons. The molecule has 5 heteroatoms. The van der Waals surface area contributed by atoms with Crippen molar-refractivity contribution >= 4 is 44.1 Å². The maximum Gasteiger partial charge on any atom is 0.340 e. The molecule has 0 aliphatic heterocycles. The molecule has 0 aliphatic carbocycles. The van der Waals surface area contributed by atoms with Gasteiger partial charge in [0, 0.05) is 10.0 Å². The Morgan fingerprint density at radius 1 is 1.00 bits per heavy atom. The first-order valence-corrected chi connectivity index (χ1v) is 9.81. The van der Waals surface area contributed by atoms with Crippen molar-refractivity contribution in [3.8, 4) is 0 Å². The summed E-state index contributed by atoms with van der Waals surface area (Å²) < 4.78 is 7.89. The van der Waals surface area contributed by atoms with Crippen LogP contribution in [0.1, 0.15) is 38.9 Å². The fraction of sp³-hybridized carbons (Fsp3) is 0.130. The summed E-state index contributed by atoms with van der Waals surface area (Å²) in [6, 6.07) is 18.7. The zero-order valence-electron chi connectivity index (χ0n) is 15.5. The lowest BCUT2D eigenvalue weighted by molar-refractivity contribution is 0.0529. The van der Waals surface area contributed by atoms with Gasteiger partial charge in [-0.1, -0.05) is 45.8 Å². The summed E-state index contributed by atoms with van der Waals surface area (Å²) >= 11 is 3.42. The minimum absolute atomic E-state index is 0.153. The number of aromatic nitrogens is 1. The third-order valence-corrected chi connectivity index (χ3v) is 5.19. The summed E-state index contributed by atoms with van der Waals surface area (Å²) in [6.45, 7) is 4.07. The molecule has 0 atom stereocenters. The van der Waals surface area contributed by atoms with Gasteiger partial charge in [-0.2, -0.15) is 0 Å². The van der Waals surface area contributed by atoms with E-state index >= 15 is 0 Å². The number of ether oxygens (including phenoxy) is 1. The number of carbonyl (C=O) groups is 2. The van der Waals surface area contributed by atoms with E-state index in [1.54, 1.807) is 25.1 Å². The third kappa shape index (κ3) is 3.12. The number of benzene rings is 2. The normalized spacial score (nSPS) is 11.1. The zero-order valence-corrected chi connectivity index (χ0v) is 17.1. The molecule has 4 rings (SSSR count). The standard InChI is InChI=1S/C23H18BrNO3/c1-3-28-23(27)18-13-21(22(26)16-5-4-6-17(24)12-16)25-19-9-7-14(2)11-15(19)8-10-20(18)25/h4-13H,3H2,1-2H3. The van der Waals surface area contributed by atoms with Crippen molar-refractivity contribution in [1.29, 1.82) is 0 Å². The molecule has 4 aromatic rings. The number of fused-ring (bicyclic) bond motifs is 3. The zero-order chi connectivity index (χ0) is 19.8. The molecule has 0 saturated heterocycles. The molecular formula is C23H18BrNO3. The summed E-state index contributed by atoms with van der Waals surface area (Å²) in [5.41, 5.74) is 4.04. The van der Waals surface area contributed by atoms with Crippen LogP contribution in [0.25, 0.3) is 16.4 Å². The highest BCUT2D eigenvalue weighted by Crippen LogP contribution is 2.27. The number of halogens is 1. The Labute approximate surface area is 170 Å². The molecule has 2 aromatic carbocycles. The van der Waals surface area contributed by atoms with Gasteiger partial charge in [0.2, 0.25) is 5.78 Å². The van der Waals surface area contributed by atoms with Crippen LogP contribution in [-0.4, -0.2) is 22.8 Å². The van der Waals surface area contributed by atoms with Crippen LogP contribution in [0.2, 0.25) is 0 Å². The monoisotopic (exact) mass is 435 g/mol. The molecule has 28 heavy (non-hydrogen) atoms. The maximum absolute atomic E-state index is 13.3. The molecule has 0 radical (unpaired) electrons. The van der Waals surface area contributed by atoms with E-state index in [1.165, 1.54) is 0 Å². The van der Waals surface area contributed by atoms with Gasteiger partial charge in [0.1, 0.15) is 0 Å². The lowest BCUT2D eigenvalue weighted by Gasteiger charge is -2.09. The minimum Gasteiger partial charge on any atom is -0.462 e. The van der Waals surface area contributed by atoms with Gasteiger partial charge in [-0.3, -0.25) is 4.79 Å². The Balaban J connectivity index is 2.03. The summed E-state index contributed by atoms with van der Waals surface area (Å²) in [4.78, 5) is 25.8. The second kappa shape index (κ2) is 7.24. The number of esters is 1. The van der Waals surface area contributed by atoms with Crippen molar-refractivity contribution in [2.75, 3.05) is 6.61 Å². The van der Waals surface area contributed by atoms with Gasteiger partial charge in [0.25, 0.3) is 0 Å². The average Bonchev–Trinajstić information content (AvgIpc) is 3.07. The van der Waals surface area contributed by atoms with Gasteiger partial charge in [-0.15, -0.1) is 0 Å². The second-order valence-corrected chi connectivity index (χ2v) is 7.54. The fourth-order valence-corrected chi connectivity index (χ4v) is 3.85. The first-order valence-electron chi connectivity index (χ1n) is 9.02. The van der Waals surface area contributed by atoms with Gasteiger partial charge in [0.15, 0.2) is 0 Å².